The van der Waals surface area contributed by atoms with Crippen molar-refractivity contribution in [2.24, 2.45) is 0 Å². The van der Waals surface area contributed by atoms with E-state index in [1.165, 1.54) is 4.90 Å². The summed E-state index contributed by atoms with van der Waals surface area (Å²) in [6, 6.07) is 15.9. The Bertz CT molecular complexity index is 1510. The summed E-state index contributed by atoms with van der Waals surface area (Å²) >= 11 is 8.84. The van der Waals surface area contributed by atoms with E-state index in [1.807, 2.05) is 54.6 Å². The van der Waals surface area contributed by atoms with Crippen molar-refractivity contribution >= 4 is 69.1 Å². The lowest BCUT2D eigenvalue weighted by molar-refractivity contribution is -0.123. The number of ether oxygens (including phenoxy) is 3. The van der Waals surface area contributed by atoms with Gasteiger partial charge in [0.1, 0.15) is 12.4 Å². The quantitative estimate of drug-likeness (QED) is 0.0913. The van der Waals surface area contributed by atoms with Gasteiger partial charge in [-0.2, -0.15) is 0 Å². The van der Waals surface area contributed by atoms with Crippen LogP contribution in [0.1, 0.15) is 53.7 Å². The minimum absolute atomic E-state index is 0.134. The number of rotatable bonds is 10. The molecule has 3 aromatic carbocycles. The number of carbonyl (C=O) groups is 3. The Morgan fingerprint density at radius 3 is 2.46 bits per heavy atom. The van der Waals surface area contributed by atoms with Crippen molar-refractivity contribution in [3.05, 3.63) is 90.3 Å². The van der Waals surface area contributed by atoms with Gasteiger partial charge in [-0.05, 0) is 119 Å². The van der Waals surface area contributed by atoms with Gasteiger partial charge in [-0.15, -0.1) is 0 Å². The maximum atomic E-state index is 13.1. The summed E-state index contributed by atoms with van der Waals surface area (Å²) in [4.78, 5) is 40.0. The van der Waals surface area contributed by atoms with Crippen LogP contribution in [0.5, 0.6) is 17.2 Å². The average molecular weight is 706 g/mol. The first-order valence-corrected chi connectivity index (χ1v) is 15.3. The number of esters is 1. The molecule has 1 fully saturated rings. The molecule has 1 aliphatic rings. The van der Waals surface area contributed by atoms with Crippen LogP contribution < -0.4 is 14.2 Å². The van der Waals surface area contributed by atoms with Crippen molar-refractivity contribution in [3.63, 3.8) is 0 Å². The molecule has 0 radical (unpaired) electrons. The zero-order chi connectivity index (χ0) is 29.7. The first kappa shape index (κ1) is 30.9. The molecule has 0 aliphatic carbocycles. The van der Waals surface area contributed by atoms with E-state index in [9.17, 15) is 14.4 Å². The van der Waals surface area contributed by atoms with E-state index in [-0.39, 0.29) is 40.9 Å². The summed E-state index contributed by atoms with van der Waals surface area (Å²) < 4.78 is 18.0. The maximum absolute atomic E-state index is 13.1. The fourth-order valence-electron chi connectivity index (χ4n) is 4.11. The number of amides is 2. The molecule has 0 saturated carbocycles. The van der Waals surface area contributed by atoms with Crippen molar-refractivity contribution in [1.29, 1.82) is 0 Å². The van der Waals surface area contributed by atoms with Gasteiger partial charge >= 0.3 is 5.97 Å². The number of aryl methyl sites for hydroxylation is 1. The zero-order valence-electron chi connectivity index (χ0n) is 23.0. The first-order chi connectivity index (χ1) is 19.6. The summed E-state index contributed by atoms with van der Waals surface area (Å²) in [5.41, 5.74) is 3.13. The summed E-state index contributed by atoms with van der Waals surface area (Å²) in [6.45, 7) is 8.65. The Kier molecular flexibility index (Phi) is 10.4. The Morgan fingerprint density at radius 2 is 1.78 bits per heavy atom. The van der Waals surface area contributed by atoms with Gasteiger partial charge in [0, 0.05) is 5.02 Å². The summed E-state index contributed by atoms with van der Waals surface area (Å²) in [7, 11) is 0. The van der Waals surface area contributed by atoms with Crippen LogP contribution in [0.2, 0.25) is 5.02 Å². The lowest BCUT2D eigenvalue weighted by Gasteiger charge is -2.17. The van der Waals surface area contributed by atoms with Crippen molar-refractivity contribution in [2.45, 2.75) is 33.6 Å². The molecule has 0 atom stereocenters. The molecule has 0 bridgehead atoms. The lowest BCUT2D eigenvalue weighted by Crippen LogP contribution is -2.32. The van der Waals surface area contributed by atoms with Gasteiger partial charge in [0.15, 0.2) is 11.5 Å². The molecule has 3 aromatic rings. The number of benzene rings is 3. The number of thioether (sulfide) groups is 1. The van der Waals surface area contributed by atoms with Crippen LogP contribution in [0, 0.1) is 10.5 Å². The van der Waals surface area contributed by atoms with Gasteiger partial charge in [-0.25, -0.2) is 4.79 Å². The van der Waals surface area contributed by atoms with E-state index in [2.05, 4.69) is 13.8 Å². The topological polar surface area (TPSA) is 82.1 Å². The molecule has 1 aliphatic heterocycles. The summed E-state index contributed by atoms with van der Waals surface area (Å²) in [6.07, 6.45) is 1.64. The molecule has 10 heteroatoms. The Balaban J connectivity index is 1.49. The fourth-order valence-corrected chi connectivity index (χ4v) is 5.83. The van der Waals surface area contributed by atoms with Gasteiger partial charge in [0.25, 0.3) is 11.1 Å². The third-order valence-electron chi connectivity index (χ3n) is 6.14. The number of carbonyl (C=O) groups excluding carboxylic acids is 3. The average Bonchev–Trinajstić information content (AvgIpc) is 3.18. The molecule has 0 unspecified atom stereocenters. The predicted octanol–water partition coefficient (Wildman–Crippen LogP) is 8.11. The second-order valence-electron chi connectivity index (χ2n) is 9.54. The standard InChI is InChI=1S/C31H29ClINO6S/c1-5-38-26-16-20(15-24(33)28(26)40-30(36)21-7-9-22(32)10-8-21)17-27-29(35)34(31(37)41-27)12-13-39-25-14-19(4)6-11-23(25)18(2)3/h6-11,14-18H,5,12-13H2,1-4H3/b27-17-. The number of halogens is 2. The minimum Gasteiger partial charge on any atom is -0.491 e. The normalized spacial score (nSPS) is 14.2. The van der Waals surface area contributed by atoms with Gasteiger partial charge in [0.2, 0.25) is 0 Å². The molecular formula is C31H29ClINO6S. The molecule has 2 amide bonds. The second kappa shape index (κ2) is 13.8. The van der Waals surface area contributed by atoms with Crippen LogP contribution in [0.4, 0.5) is 4.79 Å². The van der Waals surface area contributed by atoms with Crippen molar-refractivity contribution in [3.8, 4) is 17.2 Å². The molecule has 7 nitrogen and oxygen atoms in total. The van der Waals surface area contributed by atoms with Crippen LogP contribution in [0.15, 0.2) is 59.5 Å². The minimum atomic E-state index is -0.553. The van der Waals surface area contributed by atoms with Crippen LogP contribution in [-0.4, -0.2) is 41.8 Å². The van der Waals surface area contributed by atoms with Crippen molar-refractivity contribution < 1.29 is 28.6 Å². The van der Waals surface area contributed by atoms with Crippen LogP contribution in [-0.2, 0) is 4.79 Å². The van der Waals surface area contributed by atoms with Crippen LogP contribution in [0.25, 0.3) is 6.08 Å². The summed E-state index contributed by atoms with van der Waals surface area (Å²) in [5.74, 6) is 0.720. The second-order valence-corrected chi connectivity index (χ2v) is 12.1. The summed E-state index contributed by atoms with van der Waals surface area (Å²) in [5, 5.41) is 0.158. The van der Waals surface area contributed by atoms with E-state index in [0.717, 1.165) is 28.6 Å². The Morgan fingerprint density at radius 1 is 1.05 bits per heavy atom. The number of hydrogen-bond acceptors (Lipinski definition) is 7. The molecule has 214 valence electrons. The fraction of sp³-hybridized carbons (Fsp3) is 0.258. The SMILES string of the molecule is CCOc1cc(/C=C2\SC(=O)N(CCOc3cc(C)ccc3C(C)C)C2=O)cc(I)c1OC(=O)c1ccc(Cl)cc1. The van der Waals surface area contributed by atoms with Gasteiger partial charge < -0.3 is 14.2 Å². The monoisotopic (exact) mass is 705 g/mol. The highest BCUT2D eigenvalue weighted by Crippen LogP contribution is 2.38. The Labute approximate surface area is 262 Å². The van der Waals surface area contributed by atoms with E-state index in [1.54, 1.807) is 42.5 Å². The van der Waals surface area contributed by atoms with E-state index >= 15 is 0 Å². The van der Waals surface area contributed by atoms with Crippen LogP contribution >= 0.6 is 46.0 Å². The highest BCUT2D eigenvalue weighted by atomic mass is 127. The smallest absolute Gasteiger partial charge is 0.343 e. The molecule has 1 saturated heterocycles. The molecule has 0 spiro atoms. The van der Waals surface area contributed by atoms with Crippen molar-refractivity contribution in [2.75, 3.05) is 19.8 Å². The molecule has 4 rings (SSSR count). The number of imide groups is 1. The van der Waals surface area contributed by atoms with E-state index in [0.29, 0.717) is 32.1 Å². The van der Waals surface area contributed by atoms with Gasteiger partial charge in [-0.3, -0.25) is 14.5 Å². The Hall–Kier alpha value is -3.02. The molecule has 0 N–H and O–H groups in total. The van der Waals surface area contributed by atoms with Gasteiger partial charge in [-0.1, -0.05) is 37.6 Å². The largest absolute Gasteiger partial charge is 0.491 e. The number of nitrogens with zero attached hydrogens (tertiary/aromatic N) is 1. The molecule has 41 heavy (non-hydrogen) atoms. The maximum Gasteiger partial charge on any atom is 0.343 e. The molecule has 1 heterocycles. The molecular weight excluding hydrogens is 677 g/mol. The van der Waals surface area contributed by atoms with E-state index < -0.39 is 5.97 Å². The lowest BCUT2D eigenvalue weighted by atomic mass is 10.0. The third-order valence-corrected chi connectivity index (χ3v) is 8.10. The first-order valence-electron chi connectivity index (χ1n) is 13.0. The predicted molar refractivity (Wildman–Crippen MR) is 170 cm³/mol. The highest BCUT2D eigenvalue weighted by Gasteiger charge is 2.35. The number of hydrogen-bond donors (Lipinski definition) is 0. The van der Waals surface area contributed by atoms with E-state index in [4.69, 9.17) is 25.8 Å². The van der Waals surface area contributed by atoms with Crippen LogP contribution in [0.3, 0.4) is 0 Å². The van der Waals surface area contributed by atoms with Crippen molar-refractivity contribution in [1.82, 2.24) is 4.90 Å². The zero-order valence-corrected chi connectivity index (χ0v) is 26.8. The third kappa shape index (κ3) is 7.64. The molecule has 0 aromatic heterocycles. The van der Waals surface area contributed by atoms with Gasteiger partial charge in [0.05, 0.1) is 27.2 Å². The highest BCUT2D eigenvalue weighted by molar-refractivity contribution is 14.1.